The number of rotatable bonds is 6. The van der Waals surface area contributed by atoms with E-state index in [2.05, 4.69) is 26.1 Å². The Bertz CT molecular complexity index is 897. The third-order valence-corrected chi connectivity index (χ3v) is 7.16. The van der Waals surface area contributed by atoms with Crippen molar-refractivity contribution in [1.29, 1.82) is 0 Å². The summed E-state index contributed by atoms with van der Waals surface area (Å²) in [5, 5.41) is 3.46. The molecule has 0 aliphatic heterocycles. The third-order valence-electron chi connectivity index (χ3n) is 5.99. The standard InChI is InChI=1S/C23H28N2O2S/c1-4-23(2,3)16-11-12-17-18(14-16)28-22(20(17)21(24)27)25-19(26)13-10-15-8-6-5-7-9-15/h5-10,13,16H,4,11-12,14H2,1-3H3,(H2,24,27)(H,25,26). The lowest BCUT2D eigenvalue weighted by Gasteiger charge is -2.36. The largest absolute Gasteiger partial charge is 0.365 e. The molecule has 0 fully saturated rings. The summed E-state index contributed by atoms with van der Waals surface area (Å²) < 4.78 is 0. The van der Waals surface area contributed by atoms with E-state index in [1.807, 2.05) is 30.3 Å². The highest BCUT2D eigenvalue weighted by atomic mass is 32.1. The van der Waals surface area contributed by atoms with Gasteiger partial charge in [-0.05, 0) is 47.8 Å². The lowest BCUT2D eigenvalue weighted by atomic mass is 9.69. The Morgan fingerprint density at radius 1 is 1.29 bits per heavy atom. The number of benzene rings is 1. The Morgan fingerprint density at radius 2 is 2.00 bits per heavy atom. The van der Waals surface area contributed by atoms with Gasteiger partial charge in [-0.15, -0.1) is 11.3 Å². The number of thiophene rings is 1. The van der Waals surface area contributed by atoms with Crippen LogP contribution in [0.15, 0.2) is 36.4 Å². The van der Waals surface area contributed by atoms with Gasteiger partial charge in [0.25, 0.3) is 5.91 Å². The molecule has 2 aromatic rings. The SMILES string of the molecule is CCC(C)(C)C1CCc2c(sc(NC(=O)C=Cc3ccccc3)c2C(N)=O)C1. The number of anilines is 1. The molecule has 148 valence electrons. The first-order chi connectivity index (χ1) is 13.3. The van der Waals surface area contributed by atoms with Crippen molar-refractivity contribution in [3.8, 4) is 0 Å². The van der Waals surface area contributed by atoms with Gasteiger partial charge in [0, 0.05) is 11.0 Å². The molecule has 5 heteroatoms. The van der Waals surface area contributed by atoms with Crippen LogP contribution in [-0.4, -0.2) is 11.8 Å². The monoisotopic (exact) mass is 396 g/mol. The molecule has 28 heavy (non-hydrogen) atoms. The van der Waals surface area contributed by atoms with E-state index >= 15 is 0 Å². The van der Waals surface area contributed by atoms with Crippen LogP contribution in [0.5, 0.6) is 0 Å². The highest BCUT2D eigenvalue weighted by Crippen LogP contribution is 2.45. The van der Waals surface area contributed by atoms with E-state index in [0.29, 0.717) is 16.5 Å². The van der Waals surface area contributed by atoms with Gasteiger partial charge in [0.05, 0.1) is 5.56 Å². The molecule has 1 aliphatic rings. The maximum Gasteiger partial charge on any atom is 0.251 e. The van der Waals surface area contributed by atoms with Gasteiger partial charge in [0.1, 0.15) is 5.00 Å². The topological polar surface area (TPSA) is 72.2 Å². The summed E-state index contributed by atoms with van der Waals surface area (Å²) in [7, 11) is 0. The molecule has 0 saturated carbocycles. The molecular formula is C23H28N2O2S. The highest BCUT2D eigenvalue weighted by Gasteiger charge is 2.34. The molecule has 1 heterocycles. The molecule has 0 saturated heterocycles. The number of hydrogen-bond acceptors (Lipinski definition) is 3. The molecule has 1 aromatic carbocycles. The van der Waals surface area contributed by atoms with Gasteiger partial charge in [-0.2, -0.15) is 0 Å². The maximum absolute atomic E-state index is 12.4. The van der Waals surface area contributed by atoms with Crippen LogP contribution in [0.4, 0.5) is 5.00 Å². The Kier molecular flexibility index (Phi) is 6.04. The molecule has 3 N–H and O–H groups in total. The Labute approximate surface area is 170 Å². The Morgan fingerprint density at radius 3 is 2.64 bits per heavy atom. The summed E-state index contributed by atoms with van der Waals surface area (Å²) in [5.41, 5.74) is 8.40. The number of carbonyl (C=O) groups excluding carboxylic acids is 2. The number of carbonyl (C=O) groups is 2. The fraction of sp³-hybridized carbons (Fsp3) is 0.391. The predicted molar refractivity (Wildman–Crippen MR) is 117 cm³/mol. The van der Waals surface area contributed by atoms with Crippen molar-refractivity contribution >= 4 is 34.2 Å². The van der Waals surface area contributed by atoms with Crippen molar-refractivity contribution < 1.29 is 9.59 Å². The van der Waals surface area contributed by atoms with E-state index in [4.69, 9.17) is 5.73 Å². The molecule has 2 amide bonds. The van der Waals surface area contributed by atoms with Gasteiger partial charge < -0.3 is 11.1 Å². The molecule has 3 rings (SSSR count). The minimum absolute atomic E-state index is 0.254. The zero-order chi connectivity index (χ0) is 20.3. The fourth-order valence-corrected chi connectivity index (χ4v) is 5.12. The molecule has 0 radical (unpaired) electrons. The fourth-order valence-electron chi connectivity index (χ4n) is 3.78. The highest BCUT2D eigenvalue weighted by molar-refractivity contribution is 7.17. The zero-order valence-corrected chi connectivity index (χ0v) is 17.6. The molecule has 1 unspecified atom stereocenters. The van der Waals surface area contributed by atoms with Crippen LogP contribution in [0.1, 0.15) is 60.0 Å². The van der Waals surface area contributed by atoms with Crippen molar-refractivity contribution in [2.24, 2.45) is 17.1 Å². The van der Waals surface area contributed by atoms with Gasteiger partial charge >= 0.3 is 0 Å². The number of amides is 2. The minimum atomic E-state index is -0.465. The van der Waals surface area contributed by atoms with Gasteiger partial charge in [-0.25, -0.2) is 0 Å². The number of primary amides is 1. The maximum atomic E-state index is 12.4. The lowest BCUT2D eigenvalue weighted by molar-refractivity contribution is -0.111. The third kappa shape index (κ3) is 4.36. The van der Waals surface area contributed by atoms with Crippen LogP contribution in [-0.2, 0) is 17.6 Å². The number of nitrogens with two attached hydrogens (primary N) is 1. The first-order valence-corrected chi connectivity index (χ1v) is 10.6. The van der Waals surface area contributed by atoms with Crippen molar-refractivity contribution in [2.75, 3.05) is 5.32 Å². The van der Waals surface area contributed by atoms with E-state index in [1.54, 1.807) is 6.08 Å². The smallest absolute Gasteiger partial charge is 0.251 e. The second kappa shape index (κ2) is 8.31. The summed E-state index contributed by atoms with van der Waals surface area (Å²) in [4.78, 5) is 25.7. The van der Waals surface area contributed by atoms with Gasteiger partial charge in [-0.3, -0.25) is 9.59 Å². The minimum Gasteiger partial charge on any atom is -0.365 e. The number of nitrogens with one attached hydrogen (secondary N) is 1. The summed E-state index contributed by atoms with van der Waals surface area (Å²) in [6.07, 6.45) is 7.19. The number of hydrogen-bond donors (Lipinski definition) is 2. The summed E-state index contributed by atoms with van der Waals surface area (Å²) in [6.45, 7) is 6.84. The average molecular weight is 397 g/mol. The van der Waals surface area contributed by atoms with Gasteiger partial charge in [0.2, 0.25) is 5.91 Å². The predicted octanol–water partition coefficient (Wildman–Crippen LogP) is 5.04. The van der Waals surface area contributed by atoms with Crippen LogP contribution in [0, 0.1) is 11.3 Å². The first-order valence-electron chi connectivity index (χ1n) is 9.80. The molecule has 0 bridgehead atoms. The average Bonchev–Trinajstić information content (AvgIpc) is 3.04. The number of fused-ring (bicyclic) bond motifs is 1. The normalized spacial score (nSPS) is 16.8. The van der Waals surface area contributed by atoms with E-state index < -0.39 is 5.91 Å². The summed E-state index contributed by atoms with van der Waals surface area (Å²) in [5.74, 6) is -0.144. The van der Waals surface area contributed by atoms with Gasteiger partial charge in [-0.1, -0.05) is 57.5 Å². The van der Waals surface area contributed by atoms with Crippen molar-refractivity contribution in [2.45, 2.75) is 46.5 Å². The summed E-state index contributed by atoms with van der Waals surface area (Å²) >= 11 is 1.50. The Hall–Kier alpha value is -2.40. The van der Waals surface area contributed by atoms with Crippen LogP contribution in [0.2, 0.25) is 0 Å². The molecule has 1 aromatic heterocycles. The van der Waals surface area contributed by atoms with Crippen LogP contribution < -0.4 is 11.1 Å². The van der Waals surface area contributed by atoms with Crippen molar-refractivity contribution in [3.05, 3.63) is 58.0 Å². The van der Waals surface area contributed by atoms with Gasteiger partial charge in [0.15, 0.2) is 0 Å². The first kappa shape index (κ1) is 20.3. The molecular weight excluding hydrogens is 368 g/mol. The van der Waals surface area contributed by atoms with E-state index in [9.17, 15) is 9.59 Å². The molecule has 4 nitrogen and oxygen atoms in total. The lowest BCUT2D eigenvalue weighted by Crippen LogP contribution is -2.29. The Balaban J connectivity index is 1.81. The van der Waals surface area contributed by atoms with E-state index in [1.165, 1.54) is 22.3 Å². The second-order valence-electron chi connectivity index (χ2n) is 8.09. The van der Waals surface area contributed by atoms with E-state index in [-0.39, 0.29) is 11.3 Å². The van der Waals surface area contributed by atoms with E-state index in [0.717, 1.165) is 36.8 Å². The van der Waals surface area contributed by atoms with Crippen LogP contribution in [0.3, 0.4) is 0 Å². The quantitative estimate of drug-likeness (QED) is 0.672. The second-order valence-corrected chi connectivity index (χ2v) is 9.19. The van der Waals surface area contributed by atoms with Crippen LogP contribution in [0.25, 0.3) is 6.08 Å². The summed E-state index contributed by atoms with van der Waals surface area (Å²) in [6, 6.07) is 9.63. The van der Waals surface area contributed by atoms with Crippen molar-refractivity contribution in [3.63, 3.8) is 0 Å². The zero-order valence-electron chi connectivity index (χ0n) is 16.7. The molecule has 0 spiro atoms. The van der Waals surface area contributed by atoms with Crippen molar-refractivity contribution in [1.82, 2.24) is 0 Å². The molecule has 1 aliphatic carbocycles. The van der Waals surface area contributed by atoms with Crippen LogP contribution >= 0.6 is 11.3 Å². The molecule has 1 atom stereocenters.